The summed E-state index contributed by atoms with van der Waals surface area (Å²) in [6.45, 7) is 4.22. The lowest BCUT2D eigenvalue weighted by Gasteiger charge is -2.35. The van der Waals surface area contributed by atoms with Crippen LogP contribution in [0.5, 0.6) is 0 Å². The Kier molecular flexibility index (Phi) is 5.97. The van der Waals surface area contributed by atoms with E-state index < -0.39 is 0 Å². The molecule has 0 unspecified atom stereocenters. The number of hydrogen-bond acceptors (Lipinski definition) is 6. The van der Waals surface area contributed by atoms with Gasteiger partial charge < -0.3 is 15.1 Å². The Morgan fingerprint density at radius 1 is 1.12 bits per heavy atom. The van der Waals surface area contributed by atoms with Gasteiger partial charge in [-0.05, 0) is 50.4 Å². The van der Waals surface area contributed by atoms with E-state index in [4.69, 9.17) is 0 Å². The van der Waals surface area contributed by atoms with Crippen molar-refractivity contribution >= 4 is 38.8 Å². The number of benzene rings is 1. The average Bonchev–Trinajstić information content (AvgIpc) is 3.19. The summed E-state index contributed by atoms with van der Waals surface area (Å²) in [7, 11) is 2.13. The maximum atomic E-state index is 13.1. The standard InChI is InChI=1S/C24H29N5O2S/c1-27-12-14-28(15-13-27)19-8-4-3-7-18(19)26-21(30)10-11-29-16-25-23-22(24(29)31)17-6-2-5-9-20(17)32-23/h3-4,7-8,16H,2,5-6,9-15H2,1H3,(H,26,30). The number of amides is 1. The van der Waals surface area contributed by atoms with Gasteiger partial charge in [-0.25, -0.2) is 4.98 Å². The van der Waals surface area contributed by atoms with Gasteiger partial charge in [0.15, 0.2) is 0 Å². The maximum Gasteiger partial charge on any atom is 0.262 e. The number of rotatable bonds is 5. The number of aryl methyl sites for hydroxylation is 3. The second kappa shape index (κ2) is 9.03. The van der Waals surface area contributed by atoms with Crippen LogP contribution < -0.4 is 15.8 Å². The van der Waals surface area contributed by atoms with Crippen LogP contribution >= 0.6 is 11.3 Å². The number of para-hydroxylation sites is 2. The van der Waals surface area contributed by atoms with E-state index in [9.17, 15) is 9.59 Å². The fourth-order valence-corrected chi connectivity index (χ4v) is 5.90. The van der Waals surface area contributed by atoms with Gasteiger partial charge in [-0.3, -0.25) is 14.2 Å². The number of fused-ring (bicyclic) bond motifs is 3. The summed E-state index contributed by atoms with van der Waals surface area (Å²) in [4.78, 5) is 37.2. The zero-order chi connectivity index (χ0) is 22.1. The second-order valence-corrected chi connectivity index (χ2v) is 9.82. The summed E-state index contributed by atoms with van der Waals surface area (Å²) >= 11 is 1.65. The van der Waals surface area contributed by atoms with Crippen molar-refractivity contribution in [3.8, 4) is 0 Å². The Hall–Kier alpha value is -2.71. The molecule has 1 aliphatic heterocycles. The van der Waals surface area contributed by atoms with Crippen molar-refractivity contribution in [1.82, 2.24) is 14.5 Å². The summed E-state index contributed by atoms with van der Waals surface area (Å²) in [5.41, 5.74) is 3.06. The van der Waals surface area contributed by atoms with Gasteiger partial charge in [-0.2, -0.15) is 0 Å². The first-order valence-corrected chi connectivity index (χ1v) is 12.2. The largest absolute Gasteiger partial charge is 0.367 e. The number of carbonyl (C=O) groups excluding carboxylic acids is 1. The fourth-order valence-electron chi connectivity index (χ4n) is 4.68. The first-order chi connectivity index (χ1) is 15.6. The van der Waals surface area contributed by atoms with Crippen molar-refractivity contribution < 1.29 is 4.79 Å². The van der Waals surface area contributed by atoms with Crippen LogP contribution in [0.4, 0.5) is 11.4 Å². The van der Waals surface area contributed by atoms with Crippen molar-refractivity contribution in [1.29, 1.82) is 0 Å². The van der Waals surface area contributed by atoms with E-state index in [1.54, 1.807) is 22.2 Å². The van der Waals surface area contributed by atoms with Gasteiger partial charge in [0.25, 0.3) is 5.56 Å². The molecular formula is C24H29N5O2S. The second-order valence-electron chi connectivity index (χ2n) is 8.74. The van der Waals surface area contributed by atoms with Crippen LogP contribution in [0, 0.1) is 0 Å². The zero-order valence-corrected chi connectivity index (χ0v) is 19.3. The fraction of sp³-hybridized carbons (Fsp3) is 0.458. The van der Waals surface area contributed by atoms with E-state index >= 15 is 0 Å². The summed E-state index contributed by atoms with van der Waals surface area (Å²) in [6.07, 6.45) is 6.14. The topological polar surface area (TPSA) is 70.5 Å². The third-order valence-corrected chi connectivity index (χ3v) is 7.74. The molecule has 5 rings (SSSR count). The van der Waals surface area contributed by atoms with Crippen LogP contribution in [-0.2, 0) is 24.2 Å². The molecule has 1 fully saturated rings. The predicted molar refractivity (Wildman–Crippen MR) is 130 cm³/mol. The molecule has 2 aromatic heterocycles. The van der Waals surface area contributed by atoms with Gasteiger partial charge in [-0.1, -0.05) is 12.1 Å². The molecule has 0 atom stereocenters. The number of hydrogen-bond donors (Lipinski definition) is 1. The van der Waals surface area contributed by atoms with E-state index in [0.717, 1.165) is 67.0 Å². The average molecular weight is 452 g/mol. The van der Waals surface area contributed by atoms with Gasteiger partial charge in [0.1, 0.15) is 4.83 Å². The maximum absolute atomic E-state index is 13.1. The number of anilines is 2. The highest BCUT2D eigenvalue weighted by atomic mass is 32.1. The molecule has 168 valence electrons. The number of piperazine rings is 1. The Balaban J connectivity index is 1.29. The highest BCUT2D eigenvalue weighted by Crippen LogP contribution is 2.33. The van der Waals surface area contributed by atoms with Crippen LogP contribution in [0.1, 0.15) is 29.7 Å². The number of nitrogens with one attached hydrogen (secondary N) is 1. The third kappa shape index (κ3) is 4.17. The quantitative estimate of drug-likeness (QED) is 0.646. The van der Waals surface area contributed by atoms with Gasteiger partial charge in [0, 0.05) is 44.0 Å². The molecule has 0 radical (unpaired) electrons. The molecule has 7 nitrogen and oxygen atoms in total. The van der Waals surface area contributed by atoms with Gasteiger partial charge in [0.2, 0.25) is 5.91 Å². The van der Waals surface area contributed by atoms with Crippen LogP contribution in [0.15, 0.2) is 35.4 Å². The highest BCUT2D eigenvalue weighted by Gasteiger charge is 2.21. The van der Waals surface area contributed by atoms with Gasteiger partial charge in [0.05, 0.1) is 23.1 Å². The molecule has 3 aromatic rings. The number of thiophene rings is 1. The summed E-state index contributed by atoms with van der Waals surface area (Å²) < 4.78 is 1.59. The number of likely N-dealkylation sites (N-methyl/N-ethyl adjacent to an activating group) is 1. The zero-order valence-electron chi connectivity index (χ0n) is 18.5. The minimum Gasteiger partial charge on any atom is -0.367 e. The van der Waals surface area contributed by atoms with Crippen LogP contribution in [0.25, 0.3) is 10.2 Å². The van der Waals surface area contributed by atoms with Crippen molar-refractivity contribution in [3.05, 3.63) is 51.4 Å². The lowest BCUT2D eigenvalue weighted by atomic mass is 9.97. The molecule has 1 aromatic carbocycles. The van der Waals surface area contributed by atoms with Crippen molar-refractivity contribution in [2.45, 2.75) is 38.6 Å². The molecular weight excluding hydrogens is 422 g/mol. The Morgan fingerprint density at radius 3 is 2.75 bits per heavy atom. The first-order valence-electron chi connectivity index (χ1n) is 11.4. The van der Waals surface area contributed by atoms with Crippen LogP contribution in [-0.4, -0.2) is 53.6 Å². The molecule has 32 heavy (non-hydrogen) atoms. The van der Waals surface area contributed by atoms with E-state index in [-0.39, 0.29) is 17.9 Å². The van der Waals surface area contributed by atoms with Crippen LogP contribution in [0.3, 0.4) is 0 Å². The van der Waals surface area contributed by atoms with E-state index in [2.05, 4.69) is 33.2 Å². The molecule has 1 amide bonds. The highest BCUT2D eigenvalue weighted by molar-refractivity contribution is 7.18. The third-order valence-electron chi connectivity index (χ3n) is 6.54. The van der Waals surface area contributed by atoms with Crippen molar-refractivity contribution in [3.63, 3.8) is 0 Å². The molecule has 0 saturated carbocycles. The summed E-state index contributed by atoms with van der Waals surface area (Å²) in [6, 6.07) is 7.95. The lowest BCUT2D eigenvalue weighted by molar-refractivity contribution is -0.116. The number of carbonyl (C=O) groups is 1. The molecule has 0 bridgehead atoms. The first kappa shape index (κ1) is 21.2. The normalized spacial score (nSPS) is 16.8. The van der Waals surface area contributed by atoms with Crippen molar-refractivity contribution in [2.75, 3.05) is 43.4 Å². The number of nitrogens with zero attached hydrogens (tertiary/aromatic N) is 4. The SMILES string of the molecule is CN1CCN(c2ccccc2NC(=O)CCn2cnc3sc4c(c3c2=O)CCCC4)CC1. The Labute approximate surface area is 191 Å². The number of aromatic nitrogens is 2. The molecule has 0 spiro atoms. The van der Waals surface area contributed by atoms with E-state index in [0.29, 0.717) is 6.54 Å². The molecule has 1 N–H and O–H groups in total. The molecule has 1 aliphatic carbocycles. The predicted octanol–water partition coefficient (Wildman–Crippen LogP) is 3.12. The van der Waals surface area contributed by atoms with Gasteiger partial charge in [-0.15, -0.1) is 11.3 Å². The molecule has 1 saturated heterocycles. The van der Waals surface area contributed by atoms with Gasteiger partial charge >= 0.3 is 0 Å². The minimum atomic E-state index is -0.0917. The Morgan fingerprint density at radius 2 is 1.91 bits per heavy atom. The summed E-state index contributed by atoms with van der Waals surface area (Å²) in [5.74, 6) is -0.0917. The molecule has 8 heteroatoms. The monoisotopic (exact) mass is 451 g/mol. The molecule has 3 heterocycles. The van der Waals surface area contributed by atoms with E-state index in [1.807, 2.05) is 18.2 Å². The van der Waals surface area contributed by atoms with Crippen LogP contribution in [0.2, 0.25) is 0 Å². The smallest absolute Gasteiger partial charge is 0.262 e. The summed E-state index contributed by atoms with van der Waals surface area (Å²) in [5, 5.41) is 3.83. The van der Waals surface area contributed by atoms with Crippen molar-refractivity contribution in [2.24, 2.45) is 0 Å². The van der Waals surface area contributed by atoms with E-state index in [1.165, 1.54) is 16.9 Å². The lowest BCUT2D eigenvalue weighted by Crippen LogP contribution is -2.44. The minimum absolute atomic E-state index is 0.0139. The molecule has 2 aliphatic rings. The Bertz CT molecular complexity index is 1190.